The van der Waals surface area contributed by atoms with Gasteiger partial charge in [0.15, 0.2) is 6.20 Å². The van der Waals surface area contributed by atoms with Crippen LogP contribution in [0.2, 0.25) is 0 Å². The summed E-state index contributed by atoms with van der Waals surface area (Å²) in [7, 11) is -2.26. The van der Waals surface area contributed by atoms with Crippen molar-refractivity contribution in [1.29, 1.82) is 0 Å². The zero-order valence-corrected chi connectivity index (χ0v) is 11.7. The third kappa shape index (κ3) is 2.94. The number of nitrogens with zero attached hydrogens (tertiary/aromatic N) is 3. The molecular formula is C11H15N3O5S. The molecule has 1 aromatic heterocycles. The van der Waals surface area contributed by atoms with Crippen LogP contribution in [-0.2, 0) is 10.0 Å². The summed E-state index contributed by atoms with van der Waals surface area (Å²) in [5.41, 5.74) is 0. The number of aliphatic hydroxyl groups is 1. The first-order valence-electron chi connectivity index (χ1n) is 6.05. The summed E-state index contributed by atoms with van der Waals surface area (Å²) in [6, 6.07) is 2.24. The summed E-state index contributed by atoms with van der Waals surface area (Å²) in [4.78, 5) is 13.2. The molecule has 110 valence electrons. The van der Waals surface area contributed by atoms with Gasteiger partial charge >= 0.3 is 5.82 Å². The number of sulfonamides is 1. The van der Waals surface area contributed by atoms with E-state index in [-0.39, 0.29) is 16.9 Å². The summed E-state index contributed by atoms with van der Waals surface area (Å²) in [6.07, 6.45) is 1.84. The fraction of sp³-hybridized carbons (Fsp3) is 0.545. The lowest BCUT2D eigenvalue weighted by atomic mass is 9.82. The smallest absolute Gasteiger partial charge is 0.363 e. The zero-order valence-electron chi connectivity index (χ0n) is 10.8. The third-order valence-corrected chi connectivity index (χ3v) is 5.15. The standard InChI is InChI=1S/C11H15N3O5S/c1-13(7-8-4-9(15)5-8)20(18,19)10-2-3-11(12-6-10)14(16)17/h2-3,6,8-9,15H,4-5,7H2,1H3. The molecule has 0 atom stereocenters. The highest BCUT2D eigenvalue weighted by atomic mass is 32.2. The van der Waals surface area contributed by atoms with Crippen molar-refractivity contribution < 1.29 is 18.4 Å². The maximum absolute atomic E-state index is 12.2. The number of nitro groups is 1. The SMILES string of the molecule is CN(CC1CC(O)C1)S(=O)(=O)c1ccc([N+](=O)[O-])nc1. The van der Waals surface area contributed by atoms with Crippen molar-refractivity contribution in [3.05, 3.63) is 28.4 Å². The highest BCUT2D eigenvalue weighted by Gasteiger charge is 2.32. The average molecular weight is 301 g/mol. The van der Waals surface area contributed by atoms with Gasteiger partial charge in [-0.15, -0.1) is 0 Å². The van der Waals surface area contributed by atoms with Gasteiger partial charge in [-0.3, -0.25) is 0 Å². The van der Waals surface area contributed by atoms with Crippen LogP contribution in [0, 0.1) is 16.0 Å². The predicted molar refractivity (Wildman–Crippen MR) is 69.4 cm³/mol. The molecule has 8 nitrogen and oxygen atoms in total. The Morgan fingerprint density at radius 3 is 2.60 bits per heavy atom. The van der Waals surface area contributed by atoms with Crippen molar-refractivity contribution in [2.45, 2.75) is 23.8 Å². The second-order valence-electron chi connectivity index (χ2n) is 4.89. The lowest BCUT2D eigenvalue weighted by Gasteiger charge is -2.33. The molecule has 1 aromatic rings. The number of pyridine rings is 1. The first kappa shape index (κ1) is 14.8. The molecule has 1 heterocycles. The molecule has 1 N–H and O–H groups in total. The predicted octanol–water partition coefficient (Wildman–Crippen LogP) is 0.381. The normalized spacial score (nSPS) is 22.6. The van der Waals surface area contributed by atoms with E-state index in [2.05, 4.69) is 4.98 Å². The fourth-order valence-corrected chi connectivity index (χ4v) is 3.32. The van der Waals surface area contributed by atoms with Crippen molar-refractivity contribution in [1.82, 2.24) is 9.29 Å². The number of hydrogen-bond acceptors (Lipinski definition) is 6. The molecule has 0 unspecified atom stereocenters. The number of hydrogen-bond donors (Lipinski definition) is 1. The van der Waals surface area contributed by atoms with Gasteiger partial charge < -0.3 is 15.2 Å². The van der Waals surface area contributed by atoms with Crippen LogP contribution in [-0.4, -0.2) is 47.4 Å². The Morgan fingerprint density at radius 1 is 1.50 bits per heavy atom. The van der Waals surface area contributed by atoms with E-state index in [0.717, 1.165) is 12.3 Å². The zero-order chi connectivity index (χ0) is 14.9. The van der Waals surface area contributed by atoms with E-state index in [1.54, 1.807) is 0 Å². The highest BCUT2D eigenvalue weighted by Crippen LogP contribution is 2.29. The molecule has 1 aliphatic rings. The van der Waals surface area contributed by atoms with Crippen molar-refractivity contribution in [2.75, 3.05) is 13.6 Å². The maximum Gasteiger partial charge on any atom is 0.363 e. The van der Waals surface area contributed by atoms with Crippen LogP contribution in [0.25, 0.3) is 0 Å². The summed E-state index contributed by atoms with van der Waals surface area (Å²) in [6.45, 7) is 0.316. The van der Waals surface area contributed by atoms with Crippen LogP contribution in [0.1, 0.15) is 12.8 Å². The Labute approximate surface area is 116 Å². The molecule has 0 amide bonds. The Morgan fingerprint density at radius 2 is 2.15 bits per heavy atom. The van der Waals surface area contributed by atoms with Crippen LogP contribution >= 0.6 is 0 Å². The molecule has 20 heavy (non-hydrogen) atoms. The minimum Gasteiger partial charge on any atom is -0.393 e. The molecule has 0 radical (unpaired) electrons. The molecule has 0 bridgehead atoms. The van der Waals surface area contributed by atoms with E-state index < -0.39 is 20.8 Å². The highest BCUT2D eigenvalue weighted by molar-refractivity contribution is 7.89. The molecule has 2 rings (SSSR count). The van der Waals surface area contributed by atoms with Gasteiger partial charge in [-0.25, -0.2) is 12.7 Å². The van der Waals surface area contributed by atoms with Crippen LogP contribution in [0.4, 0.5) is 5.82 Å². The van der Waals surface area contributed by atoms with Crippen LogP contribution < -0.4 is 0 Å². The van der Waals surface area contributed by atoms with Crippen molar-refractivity contribution in [3.8, 4) is 0 Å². The lowest BCUT2D eigenvalue weighted by molar-refractivity contribution is -0.389. The molecule has 1 saturated carbocycles. The monoisotopic (exact) mass is 301 g/mol. The summed E-state index contributed by atoms with van der Waals surface area (Å²) in [5.74, 6) is -0.246. The van der Waals surface area contributed by atoms with Crippen LogP contribution in [0.3, 0.4) is 0 Å². The van der Waals surface area contributed by atoms with Gasteiger partial charge in [0.2, 0.25) is 10.0 Å². The van der Waals surface area contributed by atoms with Crippen molar-refractivity contribution >= 4 is 15.8 Å². The molecule has 0 saturated heterocycles. The van der Waals surface area contributed by atoms with Gasteiger partial charge in [-0.1, -0.05) is 0 Å². The largest absolute Gasteiger partial charge is 0.393 e. The molecule has 1 aliphatic carbocycles. The minimum atomic E-state index is -3.70. The first-order chi connectivity index (χ1) is 9.30. The maximum atomic E-state index is 12.2. The Bertz CT molecular complexity index is 595. The molecular weight excluding hydrogens is 286 g/mol. The summed E-state index contributed by atoms with van der Waals surface area (Å²) >= 11 is 0. The van der Waals surface area contributed by atoms with Crippen molar-refractivity contribution in [2.24, 2.45) is 5.92 Å². The number of aromatic nitrogens is 1. The fourth-order valence-electron chi connectivity index (χ4n) is 2.12. The van der Waals surface area contributed by atoms with Crippen LogP contribution in [0.5, 0.6) is 0 Å². The molecule has 9 heteroatoms. The Hall–Kier alpha value is -1.58. The summed E-state index contributed by atoms with van der Waals surface area (Å²) in [5, 5.41) is 19.7. The van der Waals surface area contributed by atoms with E-state index >= 15 is 0 Å². The van der Waals surface area contributed by atoms with Crippen molar-refractivity contribution in [3.63, 3.8) is 0 Å². The lowest BCUT2D eigenvalue weighted by Crippen LogP contribution is -2.39. The molecule has 0 spiro atoms. The third-order valence-electron chi connectivity index (χ3n) is 3.34. The van der Waals surface area contributed by atoms with E-state index in [9.17, 15) is 23.6 Å². The Balaban J connectivity index is 2.10. The number of aliphatic hydroxyl groups excluding tert-OH is 1. The average Bonchev–Trinajstić information content (AvgIpc) is 2.36. The quantitative estimate of drug-likeness (QED) is 0.621. The van der Waals surface area contributed by atoms with E-state index in [4.69, 9.17) is 0 Å². The Kier molecular flexibility index (Phi) is 4.02. The topological polar surface area (TPSA) is 114 Å². The first-order valence-corrected chi connectivity index (χ1v) is 7.49. The summed E-state index contributed by atoms with van der Waals surface area (Å²) < 4.78 is 25.6. The second kappa shape index (κ2) is 5.43. The minimum absolute atomic E-state index is 0.0783. The van der Waals surface area contributed by atoms with Gasteiger partial charge in [0.25, 0.3) is 0 Å². The molecule has 0 aliphatic heterocycles. The van der Waals surface area contributed by atoms with Gasteiger partial charge in [0.1, 0.15) is 4.90 Å². The van der Waals surface area contributed by atoms with E-state index in [1.165, 1.54) is 17.4 Å². The van der Waals surface area contributed by atoms with Gasteiger partial charge in [0.05, 0.1) is 6.10 Å². The van der Waals surface area contributed by atoms with E-state index in [1.807, 2.05) is 0 Å². The second-order valence-corrected chi connectivity index (χ2v) is 6.93. The van der Waals surface area contributed by atoms with Gasteiger partial charge in [-0.05, 0) is 34.7 Å². The molecule has 1 fully saturated rings. The van der Waals surface area contributed by atoms with Crippen LogP contribution in [0.15, 0.2) is 23.2 Å². The van der Waals surface area contributed by atoms with E-state index in [0.29, 0.717) is 19.4 Å². The number of rotatable bonds is 5. The van der Waals surface area contributed by atoms with Gasteiger partial charge in [0, 0.05) is 19.7 Å². The molecule has 0 aromatic carbocycles. The van der Waals surface area contributed by atoms with Gasteiger partial charge in [-0.2, -0.15) is 0 Å².